The summed E-state index contributed by atoms with van der Waals surface area (Å²) in [6, 6.07) is 23.6. The fourth-order valence-corrected chi connectivity index (χ4v) is 9.54. The van der Waals surface area contributed by atoms with Crippen molar-refractivity contribution in [2.45, 2.75) is 79.6 Å². The van der Waals surface area contributed by atoms with Gasteiger partial charge >= 0.3 is 0 Å². The smallest absolute Gasteiger partial charge is 0.185 e. The van der Waals surface area contributed by atoms with E-state index in [1.807, 2.05) is 90.7 Å². The molecule has 12 aromatic rings. The Balaban J connectivity index is 0.000000130. The first-order valence-corrected chi connectivity index (χ1v) is 29.0. The van der Waals surface area contributed by atoms with Crippen molar-refractivity contribution in [3.05, 3.63) is 215 Å². The lowest BCUT2D eigenvalue weighted by Gasteiger charge is -2.10. The Hall–Kier alpha value is -8.00. The highest BCUT2D eigenvalue weighted by atomic mass is 79.9. The van der Waals surface area contributed by atoms with Crippen molar-refractivity contribution in [1.82, 2.24) is 73.3 Å². The lowest BCUT2D eigenvalue weighted by molar-refractivity contribution is -0.605. The third kappa shape index (κ3) is 15.1. The fourth-order valence-electron chi connectivity index (χ4n) is 8.15. The van der Waals surface area contributed by atoms with Crippen LogP contribution in [0.2, 0.25) is 0 Å². The Morgan fingerprint density at radius 1 is 0.457 bits per heavy atom. The van der Waals surface area contributed by atoms with Crippen LogP contribution in [0.1, 0.15) is 72.2 Å². The molecule has 0 fully saturated rings. The van der Waals surface area contributed by atoms with E-state index in [2.05, 4.69) is 167 Å². The minimum Gasteiger partial charge on any atom is -0.619 e. The summed E-state index contributed by atoms with van der Waals surface area (Å²) in [7, 11) is 0. The number of rotatable bonds is 16. The molecular formula is C56H56Br4N20O. The molecule has 12 aromatic heterocycles. The van der Waals surface area contributed by atoms with E-state index in [1.165, 1.54) is 6.20 Å². The van der Waals surface area contributed by atoms with Crippen LogP contribution in [0, 0.1) is 12.1 Å². The van der Waals surface area contributed by atoms with Gasteiger partial charge in [-0.05, 0) is 131 Å². The van der Waals surface area contributed by atoms with Crippen LogP contribution in [-0.4, -0.2) is 73.3 Å². The zero-order valence-electron chi connectivity index (χ0n) is 44.6. The molecule has 0 saturated carbocycles. The first-order chi connectivity index (χ1) is 39.5. The molecule has 0 aromatic carbocycles. The van der Waals surface area contributed by atoms with Crippen LogP contribution in [0.3, 0.4) is 0 Å². The number of fused-ring (bicyclic) bond motifs is 4. The Bertz CT molecular complexity index is 3990. The molecule has 21 nitrogen and oxygen atoms in total. The van der Waals surface area contributed by atoms with Gasteiger partial charge in [0.15, 0.2) is 35.0 Å². The van der Waals surface area contributed by atoms with Crippen LogP contribution in [0.15, 0.2) is 165 Å². The summed E-state index contributed by atoms with van der Waals surface area (Å²) in [5, 5.41) is 42.0. The van der Waals surface area contributed by atoms with Gasteiger partial charge in [-0.25, -0.2) is 19.9 Å². The number of halogens is 4. The molecular weight excluding hydrogens is 1290 g/mol. The van der Waals surface area contributed by atoms with Crippen LogP contribution in [0.5, 0.6) is 0 Å². The molecule has 0 saturated heterocycles. The minimum absolute atomic E-state index is 0.544. The van der Waals surface area contributed by atoms with Crippen LogP contribution in [0.25, 0.3) is 22.6 Å². The zero-order valence-corrected chi connectivity index (χ0v) is 50.9. The highest BCUT2D eigenvalue weighted by Crippen LogP contribution is 2.25. The predicted molar refractivity (Wildman–Crippen MR) is 328 cm³/mol. The van der Waals surface area contributed by atoms with E-state index in [0.29, 0.717) is 26.2 Å². The van der Waals surface area contributed by atoms with E-state index in [-0.39, 0.29) is 0 Å². The quantitative estimate of drug-likeness (QED) is 0.0520. The summed E-state index contributed by atoms with van der Waals surface area (Å²) < 4.78 is 11.5. The summed E-state index contributed by atoms with van der Waals surface area (Å²) in [6.07, 6.45) is 24.6. The summed E-state index contributed by atoms with van der Waals surface area (Å²) >= 11 is 13.9. The maximum absolute atomic E-state index is 11.3. The van der Waals surface area contributed by atoms with E-state index < -0.39 is 0 Å². The maximum atomic E-state index is 11.3. The number of aryl methyl sites for hydroxylation is 4. The monoisotopic (exact) mass is 1340 g/mol. The highest BCUT2D eigenvalue weighted by Gasteiger charge is 2.14. The highest BCUT2D eigenvalue weighted by molar-refractivity contribution is 9.11. The molecule has 414 valence electrons. The number of aromatic nitrogens is 16. The van der Waals surface area contributed by atoms with E-state index in [4.69, 9.17) is 0 Å². The van der Waals surface area contributed by atoms with Gasteiger partial charge in [-0.15, -0.1) is 0 Å². The third-order valence-electron chi connectivity index (χ3n) is 12.1. The molecule has 0 aliphatic rings. The molecule has 81 heavy (non-hydrogen) atoms. The lowest BCUT2D eigenvalue weighted by atomic mass is 10.2. The zero-order chi connectivity index (χ0) is 56.7. The number of nitrogens with zero attached hydrogens (tertiary/aromatic N) is 16. The lowest BCUT2D eigenvalue weighted by Crippen LogP contribution is -2.25. The molecule has 0 atom stereocenters. The van der Waals surface area contributed by atoms with Crippen molar-refractivity contribution in [2.24, 2.45) is 0 Å². The van der Waals surface area contributed by atoms with Gasteiger partial charge in [-0.3, -0.25) is 15.0 Å². The van der Waals surface area contributed by atoms with E-state index >= 15 is 0 Å². The van der Waals surface area contributed by atoms with Crippen molar-refractivity contribution in [2.75, 3.05) is 21.3 Å². The number of pyridine rings is 4. The normalized spacial score (nSPS) is 10.9. The van der Waals surface area contributed by atoms with Crippen molar-refractivity contribution < 1.29 is 4.73 Å². The molecule has 12 heterocycles. The van der Waals surface area contributed by atoms with Gasteiger partial charge in [-0.1, -0.05) is 45.4 Å². The predicted octanol–water partition coefficient (Wildman–Crippen LogP) is 11.6. The van der Waals surface area contributed by atoms with E-state index in [0.717, 1.165) is 139 Å². The average Bonchev–Trinajstić information content (AvgIpc) is 4.30. The Labute approximate surface area is 500 Å². The van der Waals surface area contributed by atoms with Gasteiger partial charge in [0.25, 0.3) is 0 Å². The molecule has 0 aliphatic heterocycles. The maximum Gasteiger partial charge on any atom is 0.185 e. The van der Waals surface area contributed by atoms with Crippen LogP contribution in [-0.2, 0) is 45.4 Å². The van der Waals surface area contributed by atoms with Crippen LogP contribution < -0.4 is 26.0 Å². The Morgan fingerprint density at radius 2 is 0.815 bits per heavy atom. The topological polar surface area (TPSA) is 234 Å². The standard InChI is InChI=1S/C15H16BrN5.C14H14BrN5O.C14H14BrN5.C13H12BrN5/c1-2-4-12-7-14(18-9-11-5-3-6-17-8-11)21-15(20-12)13(16)10-19-21;1-2-11-6-13(20-14(18-11)12(15)8-17-20)16-7-10-4-3-5-19(21)9-10;1-2-11-6-13(17-8-10-4-3-5-16-7-10)20-14(19-11)12(15)9-18-20;1-9-5-12(16-7-10-3-2-4-15-6-10)19-13(18-9)11(14)8-17-19/h3,5-8,10,18H,2,4,9H2,1H3;3-6,8-9,16H,2,7H2,1H3;3-7,9,17H,2,8H2,1H3;2-6,8,16H,7H2,1H3. The number of nitrogens with one attached hydrogen (secondary N) is 4. The molecule has 0 unspecified atom stereocenters. The molecule has 4 N–H and O–H groups in total. The summed E-state index contributed by atoms with van der Waals surface area (Å²) in [6.45, 7) is 10.9. The second-order valence-corrected chi connectivity index (χ2v) is 21.5. The summed E-state index contributed by atoms with van der Waals surface area (Å²) in [4.78, 5) is 30.5. The van der Waals surface area contributed by atoms with Crippen molar-refractivity contribution in [3.8, 4) is 0 Å². The largest absolute Gasteiger partial charge is 0.619 e. The third-order valence-corrected chi connectivity index (χ3v) is 14.4. The number of hydrogen-bond acceptors (Lipinski definition) is 16. The summed E-state index contributed by atoms with van der Waals surface area (Å²) in [5.41, 5.74) is 11.6. The first-order valence-electron chi connectivity index (χ1n) is 25.9. The number of hydrogen-bond donors (Lipinski definition) is 4. The second-order valence-electron chi connectivity index (χ2n) is 18.1. The van der Waals surface area contributed by atoms with E-state index in [1.54, 1.807) is 69.2 Å². The van der Waals surface area contributed by atoms with Gasteiger partial charge in [0.05, 0.1) is 42.7 Å². The van der Waals surface area contributed by atoms with Gasteiger partial charge in [-0.2, -0.15) is 43.2 Å². The molecule has 0 spiro atoms. The summed E-state index contributed by atoms with van der Waals surface area (Å²) in [5.74, 6) is 3.64. The van der Waals surface area contributed by atoms with Crippen molar-refractivity contribution >= 4 is 110 Å². The molecule has 0 amide bonds. The van der Waals surface area contributed by atoms with Crippen LogP contribution >= 0.6 is 63.7 Å². The molecule has 12 rings (SSSR count). The average molecular weight is 1340 g/mol. The Morgan fingerprint density at radius 3 is 1.19 bits per heavy atom. The Kier molecular flexibility index (Phi) is 19.9. The van der Waals surface area contributed by atoms with Gasteiger partial charge in [0.1, 0.15) is 23.3 Å². The molecule has 0 radical (unpaired) electrons. The molecule has 0 aliphatic carbocycles. The first kappa shape index (κ1) is 57.7. The van der Waals surface area contributed by atoms with Crippen molar-refractivity contribution in [1.29, 1.82) is 0 Å². The SMILES string of the molecule is CCCc1cc(NCc2cccnc2)n2ncc(Br)c2n1.CCc1cc(NCc2ccc[n+]([O-])c2)n2ncc(Br)c2n1.CCc1cc(NCc2cccnc2)n2ncc(Br)c2n1.Cc1cc(NCc2cccnc2)n2ncc(Br)c2n1. The van der Waals surface area contributed by atoms with Crippen LogP contribution in [0.4, 0.5) is 23.3 Å². The molecule has 0 bridgehead atoms. The molecule has 25 heteroatoms. The van der Waals surface area contributed by atoms with Crippen molar-refractivity contribution in [3.63, 3.8) is 0 Å². The minimum atomic E-state index is 0.544. The van der Waals surface area contributed by atoms with E-state index in [9.17, 15) is 5.21 Å². The van der Waals surface area contributed by atoms with Gasteiger partial charge < -0.3 is 26.5 Å². The van der Waals surface area contributed by atoms with Gasteiger partial charge in [0, 0.05) is 122 Å². The second kappa shape index (κ2) is 27.9. The van der Waals surface area contributed by atoms with Gasteiger partial charge in [0.2, 0.25) is 0 Å². The fraction of sp³-hybridized carbons (Fsp3) is 0.214. The number of anilines is 4.